The van der Waals surface area contributed by atoms with E-state index in [0.717, 1.165) is 12.0 Å². The summed E-state index contributed by atoms with van der Waals surface area (Å²) in [4.78, 5) is 0. The minimum atomic E-state index is 1.01. The van der Waals surface area contributed by atoms with Gasteiger partial charge >= 0.3 is 0 Å². The van der Waals surface area contributed by atoms with Gasteiger partial charge in [-0.25, -0.2) is 4.68 Å². The molecule has 5 heteroatoms. The highest BCUT2D eigenvalue weighted by atomic mass is 15.4. The van der Waals surface area contributed by atoms with Crippen molar-refractivity contribution >= 4 is 6.21 Å². The van der Waals surface area contributed by atoms with Crippen molar-refractivity contribution < 1.29 is 0 Å². The molecule has 3 rings (SSSR count). The van der Waals surface area contributed by atoms with Crippen molar-refractivity contribution in [2.75, 3.05) is 0 Å². The van der Waals surface area contributed by atoms with Crippen LogP contribution in [-0.4, -0.2) is 25.7 Å². The van der Waals surface area contributed by atoms with Crippen LogP contribution in [0.3, 0.4) is 0 Å². The molecule has 23 heavy (non-hydrogen) atoms. The quantitative estimate of drug-likeness (QED) is 0.693. The highest BCUT2D eigenvalue weighted by Crippen LogP contribution is 2.26. The lowest BCUT2D eigenvalue weighted by atomic mass is 10.1. The van der Waals surface area contributed by atoms with E-state index in [1.54, 1.807) is 17.3 Å². The normalized spacial score (nSPS) is 11.5. The average Bonchev–Trinajstić information content (AvgIpc) is 3.14. The van der Waals surface area contributed by atoms with Crippen molar-refractivity contribution in [3.63, 3.8) is 0 Å². The largest absolute Gasteiger partial charge is 0.317 e. The molecule has 0 saturated heterocycles. The van der Waals surface area contributed by atoms with Crippen LogP contribution in [0.25, 0.3) is 5.69 Å². The van der Waals surface area contributed by atoms with Gasteiger partial charge in [0.2, 0.25) is 0 Å². The Morgan fingerprint density at radius 2 is 1.87 bits per heavy atom. The van der Waals surface area contributed by atoms with Gasteiger partial charge in [0.1, 0.15) is 12.7 Å². The highest BCUT2D eigenvalue weighted by Gasteiger charge is 2.14. The predicted molar refractivity (Wildman–Crippen MR) is 92.4 cm³/mol. The summed E-state index contributed by atoms with van der Waals surface area (Å²) in [5.74, 6) is 0. The summed E-state index contributed by atoms with van der Waals surface area (Å²) in [7, 11) is 0. The smallest absolute Gasteiger partial charge is 0.141 e. The standard InChI is InChI=1S/C18H21N5/c1-5-16-8-6-7-13(2)18(16)23-14(3)9-17(15(23)4)10-21-22-11-19-20-12-22/h6-12H,5H2,1-4H3/b21-10+. The number of hydrogen-bond donors (Lipinski definition) is 0. The summed E-state index contributed by atoms with van der Waals surface area (Å²) >= 11 is 0. The first-order valence-corrected chi connectivity index (χ1v) is 7.78. The lowest BCUT2D eigenvalue weighted by Crippen LogP contribution is -2.05. The Hall–Kier alpha value is -2.69. The monoisotopic (exact) mass is 307 g/mol. The molecule has 0 aliphatic heterocycles. The molecule has 3 aromatic rings. The van der Waals surface area contributed by atoms with Gasteiger partial charge in [-0.05, 0) is 44.4 Å². The molecule has 0 radical (unpaired) electrons. The van der Waals surface area contributed by atoms with E-state index >= 15 is 0 Å². The van der Waals surface area contributed by atoms with Gasteiger partial charge in [-0.15, -0.1) is 10.2 Å². The lowest BCUT2D eigenvalue weighted by Gasteiger charge is -2.17. The van der Waals surface area contributed by atoms with Gasteiger partial charge in [0.05, 0.1) is 11.9 Å². The van der Waals surface area contributed by atoms with Crippen LogP contribution in [0.5, 0.6) is 0 Å². The lowest BCUT2D eigenvalue weighted by molar-refractivity contribution is 0.877. The Bertz CT molecular complexity index is 841. The zero-order valence-electron chi connectivity index (χ0n) is 14.0. The van der Waals surface area contributed by atoms with Crippen LogP contribution >= 0.6 is 0 Å². The van der Waals surface area contributed by atoms with Crippen LogP contribution in [0.1, 0.15) is 35.0 Å². The molecule has 0 spiro atoms. The van der Waals surface area contributed by atoms with E-state index in [4.69, 9.17) is 0 Å². The molecule has 0 aliphatic rings. The molecule has 1 aromatic carbocycles. The third-order valence-corrected chi connectivity index (χ3v) is 4.13. The number of nitrogens with zero attached hydrogens (tertiary/aromatic N) is 5. The summed E-state index contributed by atoms with van der Waals surface area (Å²) in [5.41, 5.74) is 7.41. The minimum absolute atomic E-state index is 1.01. The SMILES string of the molecule is CCc1cccc(C)c1-n1c(C)cc(/C=N/n2cnnc2)c1C. The van der Waals surface area contributed by atoms with Crippen molar-refractivity contribution in [2.24, 2.45) is 5.10 Å². The Morgan fingerprint density at radius 1 is 1.13 bits per heavy atom. The van der Waals surface area contributed by atoms with Gasteiger partial charge in [0.25, 0.3) is 0 Å². The molecule has 5 nitrogen and oxygen atoms in total. The van der Waals surface area contributed by atoms with E-state index in [1.807, 2.05) is 6.21 Å². The van der Waals surface area contributed by atoms with Crippen LogP contribution in [0.4, 0.5) is 0 Å². The summed E-state index contributed by atoms with van der Waals surface area (Å²) in [6.07, 6.45) is 6.02. The number of aromatic nitrogens is 4. The van der Waals surface area contributed by atoms with Gasteiger partial charge in [-0.2, -0.15) is 5.10 Å². The van der Waals surface area contributed by atoms with Crippen molar-refractivity contribution in [1.82, 2.24) is 19.4 Å². The molecule has 0 bridgehead atoms. The fraction of sp³-hybridized carbons (Fsp3) is 0.278. The molecule has 0 atom stereocenters. The average molecular weight is 307 g/mol. The first kappa shape index (κ1) is 15.2. The zero-order chi connectivity index (χ0) is 16.4. The van der Waals surface area contributed by atoms with Gasteiger partial charge in [0, 0.05) is 17.0 Å². The van der Waals surface area contributed by atoms with E-state index in [2.05, 4.69) is 71.8 Å². The molecular weight excluding hydrogens is 286 g/mol. The summed E-state index contributed by atoms with van der Waals surface area (Å²) < 4.78 is 3.92. The van der Waals surface area contributed by atoms with Crippen molar-refractivity contribution in [3.05, 3.63) is 65.0 Å². The third-order valence-electron chi connectivity index (χ3n) is 4.13. The second-order valence-corrected chi connectivity index (χ2v) is 5.68. The second-order valence-electron chi connectivity index (χ2n) is 5.68. The predicted octanol–water partition coefficient (Wildman–Crippen LogP) is 3.44. The second kappa shape index (κ2) is 6.20. The molecule has 0 aliphatic carbocycles. The van der Waals surface area contributed by atoms with Crippen molar-refractivity contribution in [3.8, 4) is 5.69 Å². The van der Waals surface area contributed by atoms with E-state index in [1.165, 1.54) is 28.2 Å². The van der Waals surface area contributed by atoms with Crippen molar-refractivity contribution in [2.45, 2.75) is 34.1 Å². The van der Waals surface area contributed by atoms with E-state index in [0.29, 0.717) is 0 Å². The first-order chi connectivity index (χ1) is 11.1. The van der Waals surface area contributed by atoms with Gasteiger partial charge in [-0.1, -0.05) is 25.1 Å². The molecule has 0 saturated carbocycles. The number of hydrogen-bond acceptors (Lipinski definition) is 3. The van der Waals surface area contributed by atoms with Crippen LogP contribution < -0.4 is 0 Å². The first-order valence-electron chi connectivity index (χ1n) is 7.78. The number of para-hydroxylation sites is 1. The van der Waals surface area contributed by atoms with E-state index in [-0.39, 0.29) is 0 Å². The maximum atomic E-state index is 4.36. The molecule has 0 fully saturated rings. The van der Waals surface area contributed by atoms with E-state index < -0.39 is 0 Å². The Labute approximate surface area is 136 Å². The Kier molecular flexibility index (Phi) is 4.10. The molecule has 2 heterocycles. The molecule has 0 unspecified atom stereocenters. The van der Waals surface area contributed by atoms with Gasteiger partial charge in [-0.3, -0.25) is 0 Å². The zero-order valence-corrected chi connectivity index (χ0v) is 14.0. The fourth-order valence-corrected chi connectivity index (χ4v) is 2.97. The Morgan fingerprint density at radius 3 is 2.57 bits per heavy atom. The topological polar surface area (TPSA) is 48.0 Å². The molecule has 2 aromatic heterocycles. The fourth-order valence-electron chi connectivity index (χ4n) is 2.97. The minimum Gasteiger partial charge on any atom is -0.317 e. The number of benzene rings is 1. The maximum Gasteiger partial charge on any atom is 0.141 e. The molecule has 0 amide bonds. The summed E-state index contributed by atoms with van der Waals surface area (Å²) in [6.45, 7) is 8.63. The molecular formula is C18H21N5. The van der Waals surface area contributed by atoms with Gasteiger partial charge in [0.15, 0.2) is 0 Å². The van der Waals surface area contributed by atoms with Crippen molar-refractivity contribution in [1.29, 1.82) is 0 Å². The van der Waals surface area contributed by atoms with Crippen LogP contribution in [0.2, 0.25) is 0 Å². The van der Waals surface area contributed by atoms with E-state index in [9.17, 15) is 0 Å². The summed E-state index contributed by atoms with van der Waals surface area (Å²) in [5, 5.41) is 11.9. The Balaban J connectivity index is 2.09. The van der Waals surface area contributed by atoms with Crippen LogP contribution in [0, 0.1) is 20.8 Å². The number of aryl methyl sites for hydroxylation is 3. The summed E-state index contributed by atoms with van der Waals surface area (Å²) in [6, 6.07) is 8.65. The van der Waals surface area contributed by atoms with Gasteiger partial charge < -0.3 is 4.57 Å². The molecule has 0 N–H and O–H groups in total. The maximum absolute atomic E-state index is 4.36. The number of rotatable bonds is 4. The third kappa shape index (κ3) is 2.82. The van der Waals surface area contributed by atoms with Crippen LogP contribution in [-0.2, 0) is 6.42 Å². The highest BCUT2D eigenvalue weighted by molar-refractivity contribution is 5.82. The van der Waals surface area contributed by atoms with Crippen LogP contribution in [0.15, 0.2) is 42.0 Å². The molecule has 118 valence electrons.